The number of esters is 1. The van der Waals surface area contributed by atoms with Crippen LogP contribution < -0.4 is 10.2 Å². The molecule has 4 aromatic rings. The van der Waals surface area contributed by atoms with Crippen LogP contribution in [0, 0.1) is 11.8 Å². The zero-order valence-electron chi connectivity index (χ0n) is 36.1. The van der Waals surface area contributed by atoms with Crippen LogP contribution in [0.25, 0.3) is 0 Å². The topological polar surface area (TPSA) is 85.5 Å². The molecule has 2 heterocycles. The first kappa shape index (κ1) is 46.5. The molecule has 3 aromatic carbocycles. The fourth-order valence-corrected chi connectivity index (χ4v) is 10.2. The Bertz CT molecular complexity index is 1680. The Hall–Kier alpha value is -3.70. The second kappa shape index (κ2) is 20.8. The van der Waals surface area contributed by atoms with Gasteiger partial charge < -0.3 is 18.6 Å². The Balaban J connectivity index is 0.000000251. The summed E-state index contributed by atoms with van der Waals surface area (Å²) < 4.78 is 23.9. The van der Waals surface area contributed by atoms with E-state index in [1.54, 1.807) is 0 Å². The van der Waals surface area contributed by atoms with Crippen molar-refractivity contribution in [2.24, 2.45) is 11.8 Å². The number of para-hydroxylation sites is 1. The summed E-state index contributed by atoms with van der Waals surface area (Å²) in [4.78, 5) is 14.3. The molecule has 0 radical (unpaired) electrons. The summed E-state index contributed by atoms with van der Waals surface area (Å²) in [5.41, 5.74) is 3.09. The molecule has 1 aliphatic rings. The standard InChI is InChI=1S/C14H18O2.C12H19N.C12H19OP.C8H14N2O/c1-9(2)14(10(3)4)12-8-6-5-7-11(12)13(15)16-14;1-10(2)13(11(3)4)12-8-6-5-7-9-12;1-10(2)14(13,11(3)4)12-8-6-5-7-9-12;1-5(2)7-9-10-8(11-7)6(3)4/h5-10H,1-4H3;5-11H,1-4H3;5-11H,1-4H3;5-6H,1-4H3. The molecular formula is C46H70N3O4P. The maximum absolute atomic E-state index is 12.8. The van der Waals surface area contributed by atoms with Gasteiger partial charge in [0.05, 0.1) is 5.56 Å². The van der Waals surface area contributed by atoms with Crippen molar-refractivity contribution in [3.05, 3.63) is 108 Å². The van der Waals surface area contributed by atoms with Crippen LogP contribution in [0.4, 0.5) is 5.69 Å². The number of carbonyl (C=O) groups is 1. The fourth-order valence-electron chi connectivity index (χ4n) is 7.15. The van der Waals surface area contributed by atoms with E-state index in [4.69, 9.17) is 9.15 Å². The maximum atomic E-state index is 12.8. The first-order chi connectivity index (χ1) is 25.2. The molecule has 8 heteroatoms. The number of nitrogens with zero attached hydrogens (tertiary/aromatic N) is 3. The molecule has 0 amide bonds. The quantitative estimate of drug-likeness (QED) is 0.118. The molecule has 0 atom stereocenters. The number of cyclic esters (lactones) is 1. The third-order valence-electron chi connectivity index (χ3n) is 9.85. The molecule has 54 heavy (non-hydrogen) atoms. The van der Waals surface area contributed by atoms with E-state index in [0.29, 0.717) is 23.9 Å². The third-order valence-corrected chi connectivity index (χ3v) is 14.0. The number of rotatable bonds is 10. The van der Waals surface area contributed by atoms with E-state index in [9.17, 15) is 9.36 Å². The van der Waals surface area contributed by atoms with Crippen LogP contribution in [0.1, 0.15) is 150 Å². The highest BCUT2D eigenvalue weighted by Gasteiger charge is 2.49. The highest BCUT2D eigenvalue weighted by Crippen LogP contribution is 2.53. The lowest BCUT2D eigenvalue weighted by Gasteiger charge is -2.36. The molecule has 5 rings (SSSR count). The smallest absolute Gasteiger partial charge is 0.339 e. The van der Waals surface area contributed by atoms with Gasteiger partial charge in [-0.15, -0.1) is 10.2 Å². The molecule has 7 nitrogen and oxygen atoms in total. The SMILES string of the molecule is CC(C)C1(C(C)C)OC(=O)c2ccccc21.CC(C)N(c1ccccc1)C(C)C.CC(C)P(=O)(c1ccccc1)C(C)C.CC(C)c1nnc(C(C)C)o1. The van der Waals surface area contributed by atoms with Crippen molar-refractivity contribution in [2.45, 2.75) is 152 Å². The van der Waals surface area contributed by atoms with E-state index in [2.05, 4.69) is 101 Å². The predicted molar refractivity (Wildman–Crippen MR) is 229 cm³/mol. The van der Waals surface area contributed by atoms with Crippen LogP contribution in [0.5, 0.6) is 0 Å². The van der Waals surface area contributed by atoms with Gasteiger partial charge in [0, 0.05) is 51.8 Å². The summed E-state index contributed by atoms with van der Waals surface area (Å²) in [7, 11) is -2.22. The Morgan fingerprint density at radius 2 is 0.981 bits per heavy atom. The maximum Gasteiger partial charge on any atom is 0.339 e. The molecule has 0 N–H and O–H groups in total. The molecule has 0 spiro atoms. The van der Waals surface area contributed by atoms with E-state index < -0.39 is 12.7 Å². The van der Waals surface area contributed by atoms with Crippen molar-refractivity contribution in [1.29, 1.82) is 0 Å². The van der Waals surface area contributed by atoms with Gasteiger partial charge in [0.15, 0.2) is 0 Å². The Morgan fingerprint density at radius 1 is 0.574 bits per heavy atom. The van der Waals surface area contributed by atoms with Crippen molar-refractivity contribution < 1.29 is 18.5 Å². The van der Waals surface area contributed by atoms with Crippen molar-refractivity contribution >= 4 is 24.1 Å². The number of aromatic nitrogens is 2. The summed E-state index contributed by atoms with van der Waals surface area (Å²) in [5, 5.41) is 8.86. The van der Waals surface area contributed by atoms with Crippen LogP contribution in [0.2, 0.25) is 0 Å². The Kier molecular flexibility index (Phi) is 17.9. The molecule has 0 fully saturated rings. The number of hydrogen-bond donors (Lipinski definition) is 0. The average Bonchev–Trinajstić information content (AvgIpc) is 3.74. The second-order valence-electron chi connectivity index (χ2n) is 16.5. The molecule has 0 unspecified atom stereocenters. The number of carbonyl (C=O) groups excluding carboxylic acids is 1. The zero-order chi connectivity index (χ0) is 41.0. The van der Waals surface area contributed by atoms with Crippen LogP contribution in [-0.4, -0.2) is 39.6 Å². The van der Waals surface area contributed by atoms with Crippen molar-refractivity contribution in [3.63, 3.8) is 0 Å². The highest BCUT2D eigenvalue weighted by molar-refractivity contribution is 7.72. The number of ether oxygens (including phenoxy) is 1. The van der Waals surface area contributed by atoms with Crippen LogP contribution >= 0.6 is 7.14 Å². The minimum Gasteiger partial charge on any atom is -0.450 e. The lowest BCUT2D eigenvalue weighted by molar-refractivity contribution is -0.0641. The molecular weight excluding hydrogens is 689 g/mol. The van der Waals surface area contributed by atoms with Gasteiger partial charge in [-0.2, -0.15) is 0 Å². The van der Waals surface area contributed by atoms with E-state index >= 15 is 0 Å². The Labute approximate surface area is 328 Å². The normalized spacial score (nSPS) is 13.4. The molecule has 0 saturated heterocycles. The van der Waals surface area contributed by atoms with E-state index in [0.717, 1.165) is 28.2 Å². The van der Waals surface area contributed by atoms with Crippen LogP contribution in [0.15, 0.2) is 89.3 Å². The zero-order valence-corrected chi connectivity index (χ0v) is 37.0. The van der Waals surface area contributed by atoms with Gasteiger partial charge in [-0.05, 0) is 57.7 Å². The summed E-state index contributed by atoms with van der Waals surface area (Å²) >= 11 is 0. The summed E-state index contributed by atoms with van der Waals surface area (Å²) in [6, 6.07) is 29.3. The van der Waals surface area contributed by atoms with Gasteiger partial charge in [-0.1, -0.05) is 150 Å². The average molecular weight is 760 g/mol. The lowest BCUT2D eigenvalue weighted by Crippen LogP contribution is -2.38. The van der Waals surface area contributed by atoms with Gasteiger partial charge in [0.25, 0.3) is 0 Å². The van der Waals surface area contributed by atoms with Gasteiger partial charge in [-0.3, -0.25) is 0 Å². The lowest BCUT2D eigenvalue weighted by atomic mass is 9.75. The van der Waals surface area contributed by atoms with Gasteiger partial charge in [0.2, 0.25) is 11.8 Å². The molecule has 0 bridgehead atoms. The monoisotopic (exact) mass is 760 g/mol. The largest absolute Gasteiger partial charge is 0.450 e. The Morgan fingerprint density at radius 3 is 1.35 bits per heavy atom. The number of benzene rings is 3. The van der Waals surface area contributed by atoms with Crippen molar-refractivity contribution in [2.75, 3.05) is 4.90 Å². The van der Waals surface area contributed by atoms with Crippen molar-refractivity contribution in [1.82, 2.24) is 10.2 Å². The number of hydrogen-bond acceptors (Lipinski definition) is 7. The minimum absolute atomic E-state index is 0.182. The van der Waals surface area contributed by atoms with Crippen LogP contribution in [0.3, 0.4) is 0 Å². The summed E-state index contributed by atoms with van der Waals surface area (Å²) in [5.74, 6) is 2.49. The van der Waals surface area contributed by atoms with Gasteiger partial charge in [-0.25, -0.2) is 4.79 Å². The van der Waals surface area contributed by atoms with Crippen molar-refractivity contribution in [3.8, 4) is 0 Å². The summed E-state index contributed by atoms with van der Waals surface area (Å²) in [6.45, 7) is 33.7. The third kappa shape index (κ3) is 11.4. The molecule has 0 saturated carbocycles. The van der Waals surface area contributed by atoms with Crippen LogP contribution in [-0.2, 0) is 14.9 Å². The number of anilines is 1. The first-order valence-electron chi connectivity index (χ1n) is 19.9. The van der Waals surface area contributed by atoms with E-state index in [-0.39, 0.29) is 29.1 Å². The number of fused-ring (bicyclic) bond motifs is 1. The first-order valence-corrected chi connectivity index (χ1v) is 21.7. The van der Waals surface area contributed by atoms with E-state index in [1.165, 1.54) is 5.69 Å². The molecule has 298 valence electrons. The molecule has 1 aliphatic heterocycles. The molecule has 1 aromatic heterocycles. The summed E-state index contributed by atoms with van der Waals surface area (Å²) in [6.07, 6.45) is 0. The van der Waals surface area contributed by atoms with Gasteiger partial charge in [0.1, 0.15) is 12.7 Å². The predicted octanol–water partition coefficient (Wildman–Crippen LogP) is 12.5. The van der Waals surface area contributed by atoms with Gasteiger partial charge >= 0.3 is 5.97 Å². The molecule has 0 aliphatic carbocycles. The minimum atomic E-state index is -2.22. The van der Waals surface area contributed by atoms with E-state index in [1.807, 2.05) is 110 Å². The second-order valence-corrected chi connectivity index (χ2v) is 20.5. The highest BCUT2D eigenvalue weighted by atomic mass is 31.2. The fraction of sp³-hybridized carbons (Fsp3) is 0.543.